The van der Waals surface area contributed by atoms with Crippen molar-refractivity contribution in [1.82, 2.24) is 14.7 Å². The average molecular weight is 310 g/mol. The van der Waals surface area contributed by atoms with E-state index in [4.69, 9.17) is 0 Å². The van der Waals surface area contributed by atoms with Gasteiger partial charge in [-0.3, -0.25) is 0 Å². The third-order valence-electron chi connectivity index (χ3n) is 2.19. The van der Waals surface area contributed by atoms with Gasteiger partial charge in [0.2, 0.25) is 0 Å². The average Bonchev–Trinajstić information content (AvgIpc) is 2.78. The highest BCUT2D eigenvalue weighted by Crippen LogP contribution is 2.08. The highest BCUT2D eigenvalue weighted by Gasteiger charge is 2.14. The lowest BCUT2D eigenvalue weighted by Gasteiger charge is -2.07. The summed E-state index contributed by atoms with van der Waals surface area (Å²) in [7, 11) is -3.40. The van der Waals surface area contributed by atoms with Gasteiger partial charge in [0, 0.05) is 11.9 Å². The summed E-state index contributed by atoms with van der Waals surface area (Å²) in [4.78, 5) is 6.25. The number of aromatic nitrogens is 2. The number of alkyl halides is 1. The van der Waals surface area contributed by atoms with Crippen molar-refractivity contribution >= 4 is 26.0 Å². The minimum absolute atomic E-state index is 0.112. The molecule has 0 amide bonds. The summed E-state index contributed by atoms with van der Waals surface area (Å²) in [6.45, 7) is 2.58. The quantitative estimate of drug-likeness (QED) is 0.592. The zero-order chi connectivity index (χ0) is 12.0. The van der Waals surface area contributed by atoms with E-state index in [-0.39, 0.29) is 5.03 Å². The molecule has 1 heterocycles. The van der Waals surface area contributed by atoms with Crippen LogP contribution in [0.3, 0.4) is 0 Å². The van der Waals surface area contributed by atoms with Gasteiger partial charge in [-0.1, -0.05) is 22.9 Å². The van der Waals surface area contributed by atoms with Gasteiger partial charge in [-0.2, -0.15) is 0 Å². The molecule has 1 rings (SSSR count). The smallest absolute Gasteiger partial charge is 0.257 e. The van der Waals surface area contributed by atoms with Crippen LogP contribution in [0.25, 0.3) is 0 Å². The zero-order valence-corrected chi connectivity index (χ0v) is 11.5. The van der Waals surface area contributed by atoms with E-state index >= 15 is 0 Å². The highest BCUT2D eigenvalue weighted by molar-refractivity contribution is 9.09. The molecule has 1 aromatic rings. The van der Waals surface area contributed by atoms with Crippen molar-refractivity contribution in [3.8, 4) is 0 Å². The summed E-state index contributed by atoms with van der Waals surface area (Å²) >= 11 is 3.39. The zero-order valence-electron chi connectivity index (χ0n) is 9.11. The van der Waals surface area contributed by atoms with Crippen molar-refractivity contribution in [2.45, 2.75) is 24.8 Å². The molecule has 0 fully saturated rings. The van der Waals surface area contributed by atoms with E-state index in [0.717, 1.165) is 18.2 Å². The van der Waals surface area contributed by atoms with E-state index in [1.54, 1.807) is 0 Å². The van der Waals surface area contributed by atoms with E-state index in [1.165, 1.54) is 12.5 Å². The fourth-order valence-electron chi connectivity index (χ4n) is 1.20. The number of aromatic amines is 1. The Bertz CT molecular complexity index is 391. The summed E-state index contributed by atoms with van der Waals surface area (Å²) in [5.74, 6) is 0.566. The lowest BCUT2D eigenvalue weighted by atomic mass is 10.1. The fourth-order valence-corrected chi connectivity index (χ4v) is 2.50. The number of hydrogen-bond donors (Lipinski definition) is 2. The molecule has 0 radical (unpaired) electrons. The van der Waals surface area contributed by atoms with Crippen LogP contribution in [0.5, 0.6) is 0 Å². The summed E-state index contributed by atoms with van der Waals surface area (Å²) in [6, 6.07) is 0. The third-order valence-corrected chi connectivity index (χ3v) is 4.68. The second-order valence-electron chi connectivity index (χ2n) is 3.72. The maximum absolute atomic E-state index is 11.6. The number of nitrogens with one attached hydrogen (secondary N) is 2. The first-order valence-corrected chi connectivity index (χ1v) is 7.70. The van der Waals surface area contributed by atoms with Crippen molar-refractivity contribution in [2.24, 2.45) is 5.92 Å². The van der Waals surface area contributed by atoms with Crippen LogP contribution in [-0.2, 0) is 10.0 Å². The summed E-state index contributed by atoms with van der Waals surface area (Å²) in [5, 5.41) is 1.06. The molecule has 92 valence electrons. The monoisotopic (exact) mass is 309 g/mol. The maximum Gasteiger partial charge on any atom is 0.257 e. The molecule has 0 saturated carbocycles. The van der Waals surface area contributed by atoms with Gasteiger partial charge in [0.05, 0.1) is 12.5 Å². The van der Waals surface area contributed by atoms with Crippen molar-refractivity contribution in [3.63, 3.8) is 0 Å². The molecular formula is C9H16BrN3O2S. The predicted molar refractivity (Wildman–Crippen MR) is 66.0 cm³/mol. The highest BCUT2D eigenvalue weighted by atomic mass is 79.9. The normalized spacial score (nSPS) is 13.9. The number of imidazole rings is 1. The van der Waals surface area contributed by atoms with Crippen LogP contribution in [0.2, 0.25) is 0 Å². The van der Waals surface area contributed by atoms with E-state index in [9.17, 15) is 8.42 Å². The molecule has 1 atom stereocenters. The summed E-state index contributed by atoms with van der Waals surface area (Å²) in [6.07, 6.45) is 4.47. The van der Waals surface area contributed by atoms with Crippen LogP contribution in [-0.4, -0.2) is 30.3 Å². The van der Waals surface area contributed by atoms with Gasteiger partial charge in [-0.25, -0.2) is 18.1 Å². The Hall–Kier alpha value is -0.400. The molecule has 0 aliphatic rings. The van der Waals surface area contributed by atoms with Crippen LogP contribution in [0.15, 0.2) is 17.6 Å². The molecule has 0 bridgehead atoms. The van der Waals surface area contributed by atoms with E-state index in [0.29, 0.717) is 12.5 Å². The van der Waals surface area contributed by atoms with Gasteiger partial charge in [0.1, 0.15) is 0 Å². The number of hydrogen-bond acceptors (Lipinski definition) is 3. The van der Waals surface area contributed by atoms with Crippen LogP contribution in [0, 0.1) is 5.92 Å². The number of sulfonamides is 1. The topological polar surface area (TPSA) is 74.8 Å². The second-order valence-corrected chi connectivity index (χ2v) is 6.10. The predicted octanol–water partition coefficient (Wildman–Crippen LogP) is 1.50. The number of nitrogens with zero attached hydrogens (tertiary/aromatic N) is 1. The molecular weight excluding hydrogens is 294 g/mol. The number of H-pyrrole nitrogens is 1. The molecule has 2 N–H and O–H groups in total. The minimum Gasteiger partial charge on any atom is -0.335 e. The SMILES string of the molecule is CC(CBr)CCCNS(=O)(=O)c1cnc[nH]1. The largest absolute Gasteiger partial charge is 0.335 e. The fraction of sp³-hybridized carbons (Fsp3) is 0.667. The molecule has 0 aliphatic carbocycles. The van der Waals surface area contributed by atoms with Crippen molar-refractivity contribution in [2.75, 3.05) is 11.9 Å². The molecule has 0 aromatic carbocycles. The van der Waals surface area contributed by atoms with Crippen LogP contribution >= 0.6 is 15.9 Å². The minimum atomic E-state index is -3.40. The van der Waals surface area contributed by atoms with Gasteiger partial charge >= 0.3 is 0 Å². The molecule has 5 nitrogen and oxygen atoms in total. The van der Waals surface area contributed by atoms with E-state index in [2.05, 4.69) is 37.5 Å². The van der Waals surface area contributed by atoms with Crippen LogP contribution in [0.1, 0.15) is 19.8 Å². The molecule has 1 unspecified atom stereocenters. The Morgan fingerprint density at radius 3 is 2.94 bits per heavy atom. The third kappa shape index (κ3) is 4.23. The maximum atomic E-state index is 11.6. The van der Waals surface area contributed by atoms with Gasteiger partial charge in [-0.15, -0.1) is 0 Å². The Morgan fingerprint density at radius 2 is 2.38 bits per heavy atom. The Balaban J connectivity index is 2.33. The number of halogens is 1. The molecule has 1 aromatic heterocycles. The van der Waals surface area contributed by atoms with Crippen LogP contribution in [0.4, 0.5) is 0 Å². The Labute approximate surface area is 104 Å². The first-order valence-electron chi connectivity index (χ1n) is 5.10. The summed E-state index contributed by atoms with van der Waals surface area (Å²) in [5.41, 5.74) is 0. The lowest BCUT2D eigenvalue weighted by molar-refractivity contribution is 0.545. The van der Waals surface area contributed by atoms with Gasteiger partial charge < -0.3 is 4.98 Å². The molecule has 16 heavy (non-hydrogen) atoms. The lowest BCUT2D eigenvalue weighted by Crippen LogP contribution is -2.25. The Kier molecular flexibility index (Phi) is 5.43. The van der Waals surface area contributed by atoms with Gasteiger partial charge in [-0.05, 0) is 18.8 Å². The van der Waals surface area contributed by atoms with Crippen molar-refractivity contribution < 1.29 is 8.42 Å². The van der Waals surface area contributed by atoms with Crippen molar-refractivity contribution in [1.29, 1.82) is 0 Å². The summed E-state index contributed by atoms with van der Waals surface area (Å²) < 4.78 is 25.8. The van der Waals surface area contributed by atoms with E-state index < -0.39 is 10.0 Å². The molecule has 0 saturated heterocycles. The first kappa shape index (κ1) is 13.7. The van der Waals surface area contributed by atoms with Gasteiger partial charge in [0.25, 0.3) is 10.0 Å². The number of rotatable bonds is 7. The Morgan fingerprint density at radius 1 is 1.62 bits per heavy atom. The van der Waals surface area contributed by atoms with Crippen molar-refractivity contribution in [3.05, 3.63) is 12.5 Å². The first-order chi connectivity index (χ1) is 7.56. The second kappa shape index (κ2) is 6.36. The molecule has 7 heteroatoms. The standard InChI is InChI=1S/C9H16BrN3O2S/c1-8(5-10)3-2-4-13-16(14,15)9-6-11-7-12-9/h6-8,13H,2-5H2,1H3,(H,11,12). The van der Waals surface area contributed by atoms with E-state index in [1.807, 2.05) is 0 Å². The molecule has 0 aliphatic heterocycles. The van der Waals surface area contributed by atoms with Crippen LogP contribution < -0.4 is 4.72 Å². The molecule has 0 spiro atoms. The van der Waals surface area contributed by atoms with Gasteiger partial charge in [0.15, 0.2) is 5.03 Å².